The SMILES string of the molecule is CC(=O)OCCN(C)C=CCN(C)CCOC(C)=O.CCc1ccccc1. The Morgan fingerprint density at radius 1 is 0.963 bits per heavy atom. The number of ether oxygens (including phenoxy) is 2. The minimum Gasteiger partial charge on any atom is -0.465 e. The lowest BCUT2D eigenvalue weighted by atomic mass is 10.2. The van der Waals surface area contributed by atoms with Gasteiger partial charge in [-0.15, -0.1) is 0 Å². The first-order valence-corrected chi connectivity index (χ1v) is 9.21. The van der Waals surface area contributed by atoms with Crippen LogP contribution in [0.3, 0.4) is 0 Å². The van der Waals surface area contributed by atoms with Crippen molar-refractivity contribution >= 4 is 11.9 Å². The van der Waals surface area contributed by atoms with Gasteiger partial charge in [0.1, 0.15) is 13.2 Å². The number of nitrogens with zero attached hydrogens (tertiary/aromatic N) is 2. The molecule has 0 saturated carbocycles. The second-order valence-corrected chi connectivity index (χ2v) is 6.15. The highest BCUT2D eigenvalue weighted by Crippen LogP contribution is 1.96. The highest BCUT2D eigenvalue weighted by atomic mass is 16.5. The fourth-order valence-electron chi connectivity index (χ4n) is 1.97. The molecule has 0 amide bonds. The van der Waals surface area contributed by atoms with E-state index in [4.69, 9.17) is 9.47 Å². The van der Waals surface area contributed by atoms with Crippen molar-refractivity contribution in [3.63, 3.8) is 0 Å². The van der Waals surface area contributed by atoms with E-state index in [1.54, 1.807) is 0 Å². The first-order chi connectivity index (χ1) is 12.8. The van der Waals surface area contributed by atoms with Gasteiger partial charge in [0, 0.05) is 34.0 Å². The maximum absolute atomic E-state index is 10.6. The molecule has 0 aliphatic carbocycles. The van der Waals surface area contributed by atoms with Gasteiger partial charge in [0.15, 0.2) is 0 Å². The summed E-state index contributed by atoms with van der Waals surface area (Å²) in [4.78, 5) is 25.1. The van der Waals surface area contributed by atoms with Crippen LogP contribution >= 0.6 is 0 Å². The number of hydrogen-bond acceptors (Lipinski definition) is 6. The van der Waals surface area contributed by atoms with E-state index in [9.17, 15) is 9.59 Å². The standard InChI is InChI=1S/C13H24N2O4.C8H10/c1-12(16)18-10-8-14(3)6-5-7-15(4)9-11-19-13(2)17;1-2-8-6-4-3-5-7-8/h5-6H,7-11H2,1-4H3;3-7H,2H2,1H3. The maximum atomic E-state index is 10.6. The van der Waals surface area contributed by atoms with Gasteiger partial charge in [-0.2, -0.15) is 0 Å². The van der Waals surface area contributed by atoms with E-state index in [0.29, 0.717) is 26.3 Å². The fourth-order valence-corrected chi connectivity index (χ4v) is 1.97. The Hall–Kier alpha value is -2.34. The molecule has 0 atom stereocenters. The van der Waals surface area contributed by atoms with Gasteiger partial charge in [-0.1, -0.05) is 43.3 Å². The summed E-state index contributed by atoms with van der Waals surface area (Å²) in [5, 5.41) is 0. The summed E-state index contributed by atoms with van der Waals surface area (Å²) in [7, 11) is 3.87. The average Bonchev–Trinajstić information content (AvgIpc) is 2.62. The summed E-state index contributed by atoms with van der Waals surface area (Å²) in [6.45, 7) is 7.87. The topological polar surface area (TPSA) is 59.1 Å². The number of rotatable bonds is 10. The van der Waals surface area contributed by atoms with E-state index in [1.165, 1.54) is 19.4 Å². The maximum Gasteiger partial charge on any atom is 0.302 e. The number of hydrogen-bond donors (Lipinski definition) is 0. The van der Waals surface area contributed by atoms with Crippen molar-refractivity contribution in [1.29, 1.82) is 0 Å². The highest BCUT2D eigenvalue weighted by Gasteiger charge is 1.98. The molecule has 0 fully saturated rings. The van der Waals surface area contributed by atoms with E-state index in [0.717, 1.165) is 13.0 Å². The molecule has 0 bridgehead atoms. The van der Waals surface area contributed by atoms with Crippen LogP contribution in [0.1, 0.15) is 26.3 Å². The summed E-state index contributed by atoms with van der Waals surface area (Å²) in [5.74, 6) is -0.517. The third-order valence-corrected chi connectivity index (χ3v) is 3.56. The summed E-state index contributed by atoms with van der Waals surface area (Å²) in [5.41, 5.74) is 1.41. The minimum absolute atomic E-state index is 0.255. The first kappa shape index (κ1) is 24.7. The number of carbonyl (C=O) groups is 2. The van der Waals surface area contributed by atoms with Crippen LogP contribution in [0, 0.1) is 0 Å². The molecule has 0 radical (unpaired) electrons. The Morgan fingerprint density at radius 3 is 2.00 bits per heavy atom. The van der Waals surface area contributed by atoms with Crippen LogP contribution in [0.25, 0.3) is 0 Å². The molecule has 0 saturated heterocycles. The Labute approximate surface area is 163 Å². The summed E-state index contributed by atoms with van der Waals surface area (Å²) in [6, 6.07) is 10.5. The van der Waals surface area contributed by atoms with Gasteiger partial charge in [0.05, 0.1) is 6.54 Å². The third-order valence-electron chi connectivity index (χ3n) is 3.56. The monoisotopic (exact) mass is 378 g/mol. The lowest BCUT2D eigenvalue weighted by Gasteiger charge is -2.16. The van der Waals surface area contributed by atoms with Gasteiger partial charge in [0.25, 0.3) is 0 Å². The van der Waals surface area contributed by atoms with Crippen LogP contribution in [0.5, 0.6) is 0 Å². The van der Waals surface area contributed by atoms with Gasteiger partial charge in [-0.3, -0.25) is 14.5 Å². The largest absolute Gasteiger partial charge is 0.465 e. The van der Waals surface area contributed by atoms with E-state index < -0.39 is 0 Å². The molecular weight excluding hydrogens is 344 g/mol. The predicted octanol–water partition coefficient (Wildman–Crippen LogP) is 2.74. The second kappa shape index (κ2) is 15.9. The number of carbonyl (C=O) groups excluding carboxylic acids is 2. The van der Waals surface area contributed by atoms with Crippen molar-refractivity contribution in [3.8, 4) is 0 Å². The molecule has 1 rings (SSSR count). The molecule has 0 aliphatic rings. The zero-order chi connectivity index (χ0) is 20.5. The number of esters is 2. The molecule has 152 valence electrons. The van der Waals surface area contributed by atoms with Gasteiger partial charge in [-0.05, 0) is 25.2 Å². The molecule has 1 aromatic carbocycles. The van der Waals surface area contributed by atoms with Crippen LogP contribution in [0.2, 0.25) is 0 Å². The first-order valence-electron chi connectivity index (χ1n) is 9.21. The van der Waals surface area contributed by atoms with Gasteiger partial charge in [0.2, 0.25) is 0 Å². The van der Waals surface area contributed by atoms with Crippen molar-refractivity contribution in [1.82, 2.24) is 9.80 Å². The Kier molecular flexibility index (Phi) is 14.5. The predicted molar refractivity (Wildman–Crippen MR) is 108 cm³/mol. The van der Waals surface area contributed by atoms with Crippen molar-refractivity contribution in [2.24, 2.45) is 0 Å². The zero-order valence-electron chi connectivity index (χ0n) is 17.3. The Morgan fingerprint density at radius 2 is 1.52 bits per heavy atom. The molecule has 0 aromatic heterocycles. The molecule has 6 nitrogen and oxygen atoms in total. The summed E-state index contributed by atoms with van der Waals surface area (Å²) in [6.07, 6.45) is 5.08. The lowest BCUT2D eigenvalue weighted by molar-refractivity contribution is -0.142. The Balaban J connectivity index is 0.000000694. The summed E-state index contributed by atoms with van der Waals surface area (Å²) < 4.78 is 9.69. The second-order valence-electron chi connectivity index (χ2n) is 6.15. The molecule has 0 heterocycles. The molecule has 1 aromatic rings. The van der Waals surface area contributed by atoms with E-state index in [1.807, 2.05) is 42.2 Å². The zero-order valence-corrected chi connectivity index (χ0v) is 17.3. The van der Waals surface area contributed by atoms with Gasteiger partial charge >= 0.3 is 11.9 Å². The molecule has 6 heteroatoms. The van der Waals surface area contributed by atoms with Gasteiger partial charge < -0.3 is 14.4 Å². The molecule has 0 N–H and O–H groups in total. The van der Waals surface area contributed by atoms with E-state index >= 15 is 0 Å². The van der Waals surface area contributed by atoms with E-state index in [2.05, 4.69) is 31.2 Å². The van der Waals surface area contributed by atoms with Crippen LogP contribution in [0.4, 0.5) is 0 Å². The number of likely N-dealkylation sites (N-methyl/N-ethyl adjacent to an activating group) is 2. The van der Waals surface area contributed by atoms with Crippen molar-refractivity contribution < 1.29 is 19.1 Å². The van der Waals surface area contributed by atoms with Gasteiger partial charge in [-0.25, -0.2) is 0 Å². The van der Waals surface area contributed by atoms with Crippen molar-refractivity contribution in [2.75, 3.05) is 46.9 Å². The molecule has 27 heavy (non-hydrogen) atoms. The molecule has 0 spiro atoms. The van der Waals surface area contributed by atoms with E-state index in [-0.39, 0.29) is 11.9 Å². The summed E-state index contributed by atoms with van der Waals surface area (Å²) >= 11 is 0. The smallest absolute Gasteiger partial charge is 0.302 e. The van der Waals surface area contributed by atoms with Crippen molar-refractivity contribution in [2.45, 2.75) is 27.2 Å². The van der Waals surface area contributed by atoms with Crippen LogP contribution in [-0.2, 0) is 25.5 Å². The Bertz CT molecular complexity index is 546. The fraction of sp³-hybridized carbons (Fsp3) is 0.524. The third kappa shape index (κ3) is 16.9. The van der Waals surface area contributed by atoms with Crippen LogP contribution < -0.4 is 0 Å². The van der Waals surface area contributed by atoms with Crippen molar-refractivity contribution in [3.05, 3.63) is 48.2 Å². The van der Waals surface area contributed by atoms with Crippen LogP contribution in [-0.4, -0.2) is 68.7 Å². The molecular formula is C21H34N2O4. The average molecular weight is 379 g/mol. The molecule has 0 aliphatic heterocycles. The lowest BCUT2D eigenvalue weighted by Crippen LogP contribution is -2.25. The number of benzene rings is 1. The molecule has 0 unspecified atom stereocenters. The normalized spacial score (nSPS) is 10.3. The van der Waals surface area contributed by atoms with Crippen LogP contribution in [0.15, 0.2) is 42.6 Å². The minimum atomic E-state index is -0.261. The number of aryl methyl sites for hydroxylation is 1. The highest BCUT2D eigenvalue weighted by molar-refractivity contribution is 5.66. The quantitative estimate of drug-likeness (QED) is 0.584.